The number of rotatable bonds is 3. The fourth-order valence-electron chi connectivity index (χ4n) is 1.12. The molecule has 1 rings (SSSR count). The summed E-state index contributed by atoms with van der Waals surface area (Å²) in [6, 6.07) is 4.90. The Balaban J connectivity index is 2.76. The lowest BCUT2D eigenvalue weighted by molar-refractivity contribution is -0.142. The highest BCUT2D eigenvalue weighted by Crippen LogP contribution is 2.24. The summed E-state index contributed by atoms with van der Waals surface area (Å²) in [5.41, 5.74) is 6.23. The quantitative estimate of drug-likeness (QED) is 0.430. The van der Waals surface area contributed by atoms with E-state index in [-0.39, 0.29) is 23.8 Å². The van der Waals surface area contributed by atoms with Gasteiger partial charge < -0.3 is 15.6 Å². The summed E-state index contributed by atoms with van der Waals surface area (Å²) in [6.45, 7) is 2.07. The van der Waals surface area contributed by atoms with Crippen LogP contribution in [0.3, 0.4) is 0 Å². The first-order valence-electron chi connectivity index (χ1n) is 4.37. The van der Waals surface area contributed by atoms with Crippen molar-refractivity contribution < 1.29 is 14.6 Å². The number of nitrogen functional groups attached to an aromatic ring is 1. The van der Waals surface area contributed by atoms with Gasteiger partial charge in [0.1, 0.15) is 5.75 Å². The molecule has 76 valence electrons. The van der Waals surface area contributed by atoms with E-state index in [0.717, 1.165) is 0 Å². The average molecular weight is 195 g/mol. The lowest BCUT2D eigenvalue weighted by Gasteiger charge is -2.05. The fourth-order valence-corrected chi connectivity index (χ4v) is 1.12. The fraction of sp³-hybridized carbons (Fsp3) is 0.300. The van der Waals surface area contributed by atoms with Crippen molar-refractivity contribution in [1.29, 1.82) is 0 Å². The number of phenols is 1. The predicted octanol–water partition coefficient (Wildman–Crippen LogP) is 1.08. The maximum absolute atomic E-state index is 11.1. The minimum Gasteiger partial charge on any atom is -0.505 e. The summed E-state index contributed by atoms with van der Waals surface area (Å²) < 4.78 is 4.75. The van der Waals surface area contributed by atoms with E-state index in [1.165, 1.54) is 0 Å². The molecule has 0 atom stereocenters. The smallest absolute Gasteiger partial charge is 0.310 e. The number of carbonyl (C=O) groups is 1. The van der Waals surface area contributed by atoms with Gasteiger partial charge in [0.25, 0.3) is 0 Å². The molecule has 0 aromatic heterocycles. The number of nitrogens with two attached hydrogens (primary N) is 1. The van der Waals surface area contributed by atoms with Crippen LogP contribution in [0.25, 0.3) is 0 Å². The van der Waals surface area contributed by atoms with Gasteiger partial charge in [-0.05, 0) is 13.0 Å². The largest absolute Gasteiger partial charge is 0.505 e. The molecule has 0 bridgehead atoms. The standard InChI is InChI=1S/C10H13NO3/c1-2-14-9(12)6-7-4-3-5-8(11)10(7)13/h3-5,13H,2,6,11H2,1H3. The van der Waals surface area contributed by atoms with E-state index in [2.05, 4.69) is 0 Å². The Morgan fingerprint density at radius 1 is 1.57 bits per heavy atom. The van der Waals surface area contributed by atoms with Crippen molar-refractivity contribution in [2.24, 2.45) is 0 Å². The Kier molecular flexibility index (Phi) is 3.34. The first kappa shape index (κ1) is 10.4. The summed E-state index contributed by atoms with van der Waals surface area (Å²) in [5, 5.41) is 9.48. The summed E-state index contributed by atoms with van der Waals surface area (Å²) >= 11 is 0. The maximum atomic E-state index is 11.1. The van der Waals surface area contributed by atoms with Crippen LogP contribution in [-0.2, 0) is 16.0 Å². The monoisotopic (exact) mass is 195 g/mol. The number of para-hydroxylation sites is 1. The van der Waals surface area contributed by atoms with E-state index in [1.807, 2.05) is 0 Å². The molecule has 3 N–H and O–H groups in total. The molecule has 4 heteroatoms. The zero-order valence-electron chi connectivity index (χ0n) is 7.99. The molecule has 0 aliphatic rings. The van der Waals surface area contributed by atoms with E-state index in [9.17, 15) is 9.90 Å². The Bertz CT molecular complexity index is 336. The van der Waals surface area contributed by atoms with Gasteiger partial charge in [0, 0.05) is 5.56 Å². The molecule has 0 amide bonds. The van der Waals surface area contributed by atoms with Crippen LogP contribution in [0, 0.1) is 0 Å². The van der Waals surface area contributed by atoms with Crippen LogP contribution in [0.15, 0.2) is 18.2 Å². The first-order chi connectivity index (χ1) is 6.65. The summed E-state index contributed by atoms with van der Waals surface area (Å²) in [5.74, 6) is -0.408. The number of hydrogen-bond donors (Lipinski definition) is 2. The van der Waals surface area contributed by atoms with Gasteiger partial charge >= 0.3 is 5.97 Å². The lowest BCUT2D eigenvalue weighted by Crippen LogP contribution is -2.07. The lowest BCUT2D eigenvalue weighted by atomic mass is 10.1. The molecule has 0 unspecified atom stereocenters. The molecular weight excluding hydrogens is 182 g/mol. The third-order valence-electron chi connectivity index (χ3n) is 1.79. The number of ether oxygens (including phenoxy) is 1. The maximum Gasteiger partial charge on any atom is 0.310 e. The van der Waals surface area contributed by atoms with Crippen LogP contribution in [0.2, 0.25) is 0 Å². The molecule has 0 spiro atoms. The normalized spacial score (nSPS) is 9.79. The van der Waals surface area contributed by atoms with E-state index >= 15 is 0 Å². The Morgan fingerprint density at radius 2 is 2.29 bits per heavy atom. The second-order valence-corrected chi connectivity index (χ2v) is 2.84. The number of hydrogen-bond acceptors (Lipinski definition) is 4. The van der Waals surface area contributed by atoms with E-state index < -0.39 is 0 Å². The van der Waals surface area contributed by atoms with Gasteiger partial charge in [0.05, 0.1) is 18.7 Å². The van der Waals surface area contributed by atoms with Crippen molar-refractivity contribution in [2.75, 3.05) is 12.3 Å². The van der Waals surface area contributed by atoms with Crippen molar-refractivity contribution in [3.8, 4) is 5.75 Å². The second kappa shape index (κ2) is 4.50. The highest BCUT2D eigenvalue weighted by atomic mass is 16.5. The molecular formula is C10H13NO3. The van der Waals surface area contributed by atoms with Crippen LogP contribution < -0.4 is 5.73 Å². The van der Waals surface area contributed by atoms with Crippen molar-refractivity contribution in [2.45, 2.75) is 13.3 Å². The molecule has 1 aromatic rings. The summed E-state index contributed by atoms with van der Waals surface area (Å²) in [4.78, 5) is 11.1. The number of carbonyl (C=O) groups excluding carboxylic acids is 1. The van der Waals surface area contributed by atoms with Gasteiger partial charge in [-0.3, -0.25) is 4.79 Å². The van der Waals surface area contributed by atoms with Gasteiger partial charge in [0.2, 0.25) is 0 Å². The molecule has 14 heavy (non-hydrogen) atoms. The summed E-state index contributed by atoms with van der Waals surface area (Å²) in [7, 11) is 0. The Morgan fingerprint density at radius 3 is 2.93 bits per heavy atom. The molecule has 0 aliphatic heterocycles. The van der Waals surface area contributed by atoms with Gasteiger partial charge in [-0.15, -0.1) is 0 Å². The van der Waals surface area contributed by atoms with Crippen molar-refractivity contribution in [3.05, 3.63) is 23.8 Å². The SMILES string of the molecule is CCOC(=O)Cc1cccc(N)c1O. The number of esters is 1. The van der Waals surface area contributed by atoms with E-state index in [1.54, 1.807) is 25.1 Å². The molecule has 0 fully saturated rings. The molecule has 4 nitrogen and oxygen atoms in total. The molecule has 0 aliphatic carbocycles. The van der Waals surface area contributed by atoms with Crippen LogP contribution in [0.4, 0.5) is 5.69 Å². The van der Waals surface area contributed by atoms with Crippen LogP contribution in [0.5, 0.6) is 5.75 Å². The van der Waals surface area contributed by atoms with Crippen LogP contribution in [-0.4, -0.2) is 17.7 Å². The van der Waals surface area contributed by atoms with Crippen LogP contribution >= 0.6 is 0 Å². The first-order valence-corrected chi connectivity index (χ1v) is 4.37. The van der Waals surface area contributed by atoms with Gasteiger partial charge in [-0.25, -0.2) is 0 Å². The Hall–Kier alpha value is -1.71. The van der Waals surface area contributed by atoms with Gasteiger partial charge in [-0.1, -0.05) is 12.1 Å². The average Bonchev–Trinajstić information content (AvgIpc) is 2.13. The van der Waals surface area contributed by atoms with Crippen molar-refractivity contribution in [3.63, 3.8) is 0 Å². The number of anilines is 1. The minimum atomic E-state index is -0.367. The third-order valence-corrected chi connectivity index (χ3v) is 1.79. The molecule has 1 aromatic carbocycles. The zero-order valence-corrected chi connectivity index (χ0v) is 7.99. The number of phenolic OH excluding ortho intramolecular Hbond substituents is 1. The number of benzene rings is 1. The highest BCUT2D eigenvalue weighted by molar-refractivity contribution is 5.74. The van der Waals surface area contributed by atoms with Crippen LogP contribution in [0.1, 0.15) is 12.5 Å². The second-order valence-electron chi connectivity index (χ2n) is 2.84. The highest BCUT2D eigenvalue weighted by Gasteiger charge is 2.09. The number of aromatic hydroxyl groups is 1. The molecule has 0 saturated carbocycles. The summed E-state index contributed by atoms with van der Waals surface area (Å²) in [6.07, 6.45) is 0.0463. The molecule has 0 heterocycles. The third kappa shape index (κ3) is 2.39. The van der Waals surface area contributed by atoms with Gasteiger partial charge in [-0.2, -0.15) is 0 Å². The van der Waals surface area contributed by atoms with Crippen molar-refractivity contribution >= 4 is 11.7 Å². The molecule has 0 radical (unpaired) electrons. The topological polar surface area (TPSA) is 72.5 Å². The van der Waals surface area contributed by atoms with E-state index in [0.29, 0.717) is 12.2 Å². The molecule has 0 saturated heterocycles. The zero-order chi connectivity index (χ0) is 10.6. The van der Waals surface area contributed by atoms with Crippen molar-refractivity contribution in [1.82, 2.24) is 0 Å². The van der Waals surface area contributed by atoms with Gasteiger partial charge in [0.15, 0.2) is 0 Å². The minimum absolute atomic E-state index is 0.0412. The predicted molar refractivity (Wildman–Crippen MR) is 52.9 cm³/mol. The van der Waals surface area contributed by atoms with E-state index in [4.69, 9.17) is 10.5 Å². The Labute approximate surface area is 82.3 Å².